The highest BCUT2D eigenvalue weighted by atomic mass is 19.4. The van der Waals surface area contributed by atoms with Gasteiger partial charge in [-0.1, -0.05) is 0 Å². The number of nitrogens with one attached hydrogen (secondary N) is 2. The molecular weight excluding hydrogens is 293 g/mol. The zero-order chi connectivity index (χ0) is 16.5. The molecule has 0 aliphatic rings. The molecule has 0 aromatic carbocycles. The molecule has 1 rings (SSSR count). The summed E-state index contributed by atoms with van der Waals surface area (Å²) < 4.78 is 37.0. The van der Waals surface area contributed by atoms with Gasteiger partial charge in [-0.15, -0.1) is 0 Å². The van der Waals surface area contributed by atoms with E-state index in [1.807, 2.05) is 0 Å². The Morgan fingerprint density at radius 3 is 2.14 bits per heavy atom. The third-order valence-electron chi connectivity index (χ3n) is 2.92. The molecular formula is C12H13F3N2O4. The van der Waals surface area contributed by atoms with Crippen LogP contribution in [0.1, 0.15) is 39.0 Å². The van der Waals surface area contributed by atoms with E-state index in [1.165, 1.54) is 19.2 Å². The summed E-state index contributed by atoms with van der Waals surface area (Å²) in [5.41, 5.74) is -0.420. The number of aryl methyl sites for hydroxylation is 1. The van der Waals surface area contributed by atoms with E-state index in [4.69, 9.17) is 5.11 Å². The van der Waals surface area contributed by atoms with Gasteiger partial charge < -0.3 is 15.4 Å². The van der Waals surface area contributed by atoms with Gasteiger partial charge in [-0.05, 0) is 26.3 Å². The maximum atomic E-state index is 12.3. The highest BCUT2D eigenvalue weighted by Crippen LogP contribution is 2.21. The minimum absolute atomic E-state index is 0.000174. The minimum Gasteiger partial charge on any atom is -0.477 e. The normalized spacial score (nSPS) is 12.9. The predicted octanol–water partition coefficient (Wildman–Crippen LogP) is 1.58. The number of alkyl halides is 3. The molecule has 6 nitrogen and oxygen atoms in total. The largest absolute Gasteiger partial charge is 0.477 e. The van der Waals surface area contributed by atoms with Crippen LogP contribution in [0.25, 0.3) is 0 Å². The zero-order valence-electron chi connectivity index (χ0n) is 11.4. The number of aromatic carboxylic acids is 1. The zero-order valence-corrected chi connectivity index (χ0v) is 11.4. The van der Waals surface area contributed by atoms with Gasteiger partial charge in [0.25, 0.3) is 11.7 Å². The molecule has 1 amide bonds. The Kier molecular flexibility index (Phi) is 4.45. The van der Waals surface area contributed by atoms with E-state index in [2.05, 4.69) is 4.98 Å². The first-order valence-corrected chi connectivity index (χ1v) is 5.81. The van der Waals surface area contributed by atoms with Crippen LogP contribution in [0.2, 0.25) is 0 Å². The number of carboxylic acids is 1. The number of halogens is 3. The van der Waals surface area contributed by atoms with E-state index >= 15 is 0 Å². The first-order chi connectivity index (χ1) is 9.46. The molecule has 1 heterocycles. The van der Waals surface area contributed by atoms with Crippen molar-refractivity contribution in [1.29, 1.82) is 0 Å². The van der Waals surface area contributed by atoms with Crippen molar-refractivity contribution in [1.82, 2.24) is 10.3 Å². The Morgan fingerprint density at radius 1 is 1.24 bits per heavy atom. The van der Waals surface area contributed by atoms with Crippen molar-refractivity contribution in [3.8, 4) is 0 Å². The van der Waals surface area contributed by atoms with Crippen molar-refractivity contribution < 1.29 is 32.7 Å². The molecule has 0 radical (unpaired) electrons. The van der Waals surface area contributed by atoms with Gasteiger partial charge in [0.05, 0.1) is 5.56 Å². The summed E-state index contributed by atoms with van der Waals surface area (Å²) in [6, 6.07) is -2.19. The lowest BCUT2D eigenvalue weighted by Crippen LogP contribution is -2.45. The van der Waals surface area contributed by atoms with Crippen LogP contribution in [0.3, 0.4) is 0 Å². The van der Waals surface area contributed by atoms with E-state index in [0.717, 1.165) is 0 Å². The standard InChI is InChI=1S/C12H13F3N2O4/c1-4-7(5(2)16-8(4)11(20)21)9(18)10(19)17-6(3)12(13,14)15/h6,16H,1-3H3,(H,17,19)(H,20,21)/t6-/m1/s1. The third-order valence-corrected chi connectivity index (χ3v) is 2.92. The first kappa shape index (κ1) is 16.7. The molecule has 9 heteroatoms. The van der Waals surface area contributed by atoms with Gasteiger partial charge in [-0.3, -0.25) is 9.59 Å². The van der Waals surface area contributed by atoms with Crippen molar-refractivity contribution in [2.75, 3.05) is 0 Å². The van der Waals surface area contributed by atoms with Crippen LogP contribution in [0.5, 0.6) is 0 Å². The fourth-order valence-corrected chi connectivity index (χ4v) is 1.76. The number of carbonyl (C=O) groups is 3. The first-order valence-electron chi connectivity index (χ1n) is 5.81. The quantitative estimate of drug-likeness (QED) is 0.581. The van der Waals surface area contributed by atoms with Gasteiger partial charge >= 0.3 is 12.1 Å². The van der Waals surface area contributed by atoms with E-state index in [0.29, 0.717) is 6.92 Å². The number of aromatic amines is 1. The van der Waals surface area contributed by atoms with Crippen molar-refractivity contribution in [3.05, 3.63) is 22.5 Å². The average molecular weight is 306 g/mol. The molecule has 0 aliphatic heterocycles. The summed E-state index contributed by atoms with van der Waals surface area (Å²) in [5, 5.41) is 10.4. The topological polar surface area (TPSA) is 99.3 Å². The molecule has 0 spiro atoms. The molecule has 116 valence electrons. The lowest BCUT2D eigenvalue weighted by molar-refractivity contribution is -0.156. The number of rotatable bonds is 4. The van der Waals surface area contributed by atoms with Gasteiger partial charge in [-0.25, -0.2) is 4.79 Å². The molecule has 3 N–H and O–H groups in total. The van der Waals surface area contributed by atoms with Crippen LogP contribution in [0.15, 0.2) is 0 Å². The fourth-order valence-electron chi connectivity index (χ4n) is 1.76. The maximum absolute atomic E-state index is 12.3. The van der Waals surface area contributed by atoms with Gasteiger partial charge in [0.1, 0.15) is 11.7 Å². The average Bonchev–Trinajstić information content (AvgIpc) is 2.62. The van der Waals surface area contributed by atoms with Crippen LogP contribution >= 0.6 is 0 Å². The molecule has 0 bridgehead atoms. The number of hydrogen-bond donors (Lipinski definition) is 3. The number of Topliss-reactive ketones (excluding diaryl/α,β-unsaturated/α-hetero) is 1. The lowest BCUT2D eigenvalue weighted by Gasteiger charge is -2.16. The second-order valence-corrected chi connectivity index (χ2v) is 4.50. The van der Waals surface area contributed by atoms with Crippen molar-refractivity contribution >= 4 is 17.7 Å². The number of ketones is 1. The highest BCUT2D eigenvalue weighted by Gasteiger charge is 2.38. The van der Waals surface area contributed by atoms with Crippen molar-refractivity contribution in [2.24, 2.45) is 0 Å². The summed E-state index contributed by atoms with van der Waals surface area (Å²) in [6.45, 7) is 3.35. The van der Waals surface area contributed by atoms with Crippen LogP contribution < -0.4 is 5.32 Å². The Balaban J connectivity index is 3.05. The maximum Gasteiger partial charge on any atom is 0.408 e. The second-order valence-electron chi connectivity index (χ2n) is 4.50. The molecule has 0 aliphatic carbocycles. The Bertz CT molecular complexity index is 604. The van der Waals surface area contributed by atoms with E-state index in [9.17, 15) is 27.6 Å². The Morgan fingerprint density at radius 2 is 1.76 bits per heavy atom. The number of aromatic nitrogens is 1. The van der Waals surface area contributed by atoms with Crippen molar-refractivity contribution in [3.63, 3.8) is 0 Å². The molecule has 0 unspecified atom stereocenters. The SMILES string of the molecule is Cc1[nH]c(C(=O)O)c(C)c1C(=O)C(=O)N[C@H](C)C(F)(F)F. The van der Waals surface area contributed by atoms with E-state index in [-0.39, 0.29) is 22.5 Å². The number of hydrogen-bond acceptors (Lipinski definition) is 3. The summed E-state index contributed by atoms with van der Waals surface area (Å²) in [6.07, 6.45) is -4.68. The van der Waals surface area contributed by atoms with Gasteiger partial charge in [-0.2, -0.15) is 13.2 Å². The van der Waals surface area contributed by atoms with Gasteiger partial charge in [0.15, 0.2) is 0 Å². The lowest BCUT2D eigenvalue weighted by atomic mass is 10.0. The monoisotopic (exact) mass is 306 g/mol. The predicted molar refractivity (Wildman–Crippen MR) is 65.2 cm³/mol. The van der Waals surface area contributed by atoms with E-state index in [1.54, 1.807) is 0 Å². The van der Waals surface area contributed by atoms with Crippen molar-refractivity contribution in [2.45, 2.75) is 33.0 Å². The fraction of sp³-hybridized carbons (Fsp3) is 0.417. The smallest absolute Gasteiger partial charge is 0.408 e. The Labute approximate surface area is 117 Å². The molecule has 0 saturated carbocycles. The summed E-state index contributed by atoms with van der Waals surface area (Å²) >= 11 is 0. The van der Waals surface area contributed by atoms with Crippen LogP contribution in [-0.2, 0) is 4.79 Å². The molecule has 1 aromatic heterocycles. The van der Waals surface area contributed by atoms with Gasteiger partial charge in [0.2, 0.25) is 0 Å². The molecule has 0 fully saturated rings. The third kappa shape index (κ3) is 3.41. The Hall–Kier alpha value is -2.32. The minimum atomic E-state index is -4.68. The number of carbonyl (C=O) groups excluding carboxylic acids is 2. The van der Waals surface area contributed by atoms with Crippen LogP contribution in [-0.4, -0.2) is 40.0 Å². The number of carboxylic acid groups (broad SMARTS) is 1. The molecule has 0 saturated heterocycles. The summed E-state index contributed by atoms with van der Waals surface area (Å²) in [4.78, 5) is 36.8. The molecule has 1 atom stereocenters. The van der Waals surface area contributed by atoms with E-state index < -0.39 is 29.9 Å². The number of amides is 1. The highest BCUT2D eigenvalue weighted by molar-refractivity contribution is 6.43. The summed E-state index contributed by atoms with van der Waals surface area (Å²) in [7, 11) is 0. The van der Waals surface area contributed by atoms with Crippen LogP contribution in [0, 0.1) is 13.8 Å². The van der Waals surface area contributed by atoms with Gasteiger partial charge in [0, 0.05) is 5.69 Å². The number of H-pyrrole nitrogens is 1. The molecule has 1 aromatic rings. The van der Waals surface area contributed by atoms with Crippen LogP contribution in [0.4, 0.5) is 13.2 Å². The second kappa shape index (κ2) is 5.58. The molecule has 21 heavy (non-hydrogen) atoms. The summed E-state index contributed by atoms with van der Waals surface area (Å²) in [5.74, 6) is -3.99.